The normalized spacial score (nSPS) is 23.6. The SMILES string of the molecule is CCN1CCOC(CNC(C)(CCl)CCl)C1. The highest BCUT2D eigenvalue weighted by Crippen LogP contribution is 2.10. The second-order valence-electron chi connectivity index (χ2n) is 4.59. The molecule has 0 saturated carbocycles. The van der Waals surface area contributed by atoms with Crippen LogP contribution in [-0.2, 0) is 4.74 Å². The van der Waals surface area contributed by atoms with Gasteiger partial charge in [0.1, 0.15) is 0 Å². The van der Waals surface area contributed by atoms with Crippen molar-refractivity contribution in [2.24, 2.45) is 0 Å². The van der Waals surface area contributed by atoms with Gasteiger partial charge in [-0.05, 0) is 13.5 Å². The third-order valence-electron chi connectivity index (χ3n) is 3.02. The number of nitrogens with one attached hydrogen (secondary N) is 1. The molecular formula is C11H22Cl2N2O. The zero-order valence-corrected chi connectivity index (χ0v) is 11.7. The zero-order chi connectivity index (χ0) is 12.0. The Balaban J connectivity index is 2.31. The van der Waals surface area contributed by atoms with Crippen LogP contribution in [0.15, 0.2) is 0 Å². The highest BCUT2D eigenvalue weighted by Gasteiger charge is 2.25. The van der Waals surface area contributed by atoms with Crippen molar-refractivity contribution < 1.29 is 4.74 Å². The van der Waals surface area contributed by atoms with Gasteiger partial charge < -0.3 is 10.1 Å². The smallest absolute Gasteiger partial charge is 0.0826 e. The Morgan fingerprint density at radius 2 is 2.12 bits per heavy atom. The van der Waals surface area contributed by atoms with E-state index in [1.54, 1.807) is 0 Å². The molecule has 1 unspecified atom stereocenters. The van der Waals surface area contributed by atoms with Gasteiger partial charge in [0.15, 0.2) is 0 Å². The lowest BCUT2D eigenvalue weighted by Gasteiger charge is -2.35. The van der Waals surface area contributed by atoms with Crippen molar-refractivity contribution in [2.75, 3.05) is 44.5 Å². The summed E-state index contributed by atoms with van der Waals surface area (Å²) in [5, 5.41) is 3.39. The van der Waals surface area contributed by atoms with E-state index < -0.39 is 0 Å². The molecule has 0 radical (unpaired) electrons. The minimum atomic E-state index is -0.193. The first-order valence-electron chi connectivity index (χ1n) is 5.84. The van der Waals surface area contributed by atoms with E-state index in [-0.39, 0.29) is 11.6 Å². The monoisotopic (exact) mass is 268 g/mol. The molecular weight excluding hydrogens is 247 g/mol. The molecule has 1 N–H and O–H groups in total. The highest BCUT2D eigenvalue weighted by atomic mass is 35.5. The zero-order valence-electron chi connectivity index (χ0n) is 10.1. The summed E-state index contributed by atoms with van der Waals surface area (Å²) >= 11 is 11.8. The Labute approximate surface area is 108 Å². The third kappa shape index (κ3) is 4.38. The van der Waals surface area contributed by atoms with Crippen molar-refractivity contribution in [3.8, 4) is 0 Å². The summed E-state index contributed by atoms with van der Waals surface area (Å²) < 4.78 is 5.70. The van der Waals surface area contributed by atoms with E-state index >= 15 is 0 Å². The van der Waals surface area contributed by atoms with Crippen LogP contribution in [0.5, 0.6) is 0 Å². The predicted octanol–water partition coefficient (Wildman–Crippen LogP) is 1.53. The molecule has 0 aliphatic carbocycles. The van der Waals surface area contributed by atoms with Gasteiger partial charge in [-0.25, -0.2) is 0 Å². The fraction of sp³-hybridized carbons (Fsp3) is 1.00. The molecule has 0 aromatic carbocycles. The van der Waals surface area contributed by atoms with E-state index in [0.717, 1.165) is 32.8 Å². The molecule has 5 heteroatoms. The number of alkyl halides is 2. The maximum absolute atomic E-state index is 5.88. The topological polar surface area (TPSA) is 24.5 Å². The van der Waals surface area contributed by atoms with Crippen molar-refractivity contribution >= 4 is 23.2 Å². The van der Waals surface area contributed by atoms with Crippen LogP contribution < -0.4 is 5.32 Å². The molecule has 3 nitrogen and oxygen atoms in total. The Morgan fingerprint density at radius 1 is 1.44 bits per heavy atom. The van der Waals surface area contributed by atoms with Crippen LogP contribution in [0, 0.1) is 0 Å². The highest BCUT2D eigenvalue weighted by molar-refractivity contribution is 6.22. The second kappa shape index (κ2) is 7.02. The summed E-state index contributed by atoms with van der Waals surface area (Å²) in [6.07, 6.45) is 0.249. The molecule has 0 aromatic rings. The number of halogens is 2. The van der Waals surface area contributed by atoms with Crippen LogP contribution in [-0.4, -0.2) is 61.1 Å². The van der Waals surface area contributed by atoms with Gasteiger partial charge in [-0.15, -0.1) is 23.2 Å². The van der Waals surface area contributed by atoms with E-state index in [4.69, 9.17) is 27.9 Å². The molecule has 1 rings (SSSR count). The summed E-state index contributed by atoms with van der Waals surface area (Å²) in [6.45, 7) is 8.96. The van der Waals surface area contributed by atoms with Gasteiger partial charge in [0.25, 0.3) is 0 Å². The van der Waals surface area contributed by atoms with Gasteiger partial charge in [-0.1, -0.05) is 6.92 Å². The van der Waals surface area contributed by atoms with Crippen LogP contribution in [0.25, 0.3) is 0 Å². The molecule has 96 valence electrons. The third-order valence-corrected chi connectivity index (χ3v) is 4.20. The fourth-order valence-corrected chi connectivity index (χ4v) is 2.16. The average Bonchev–Trinajstić information content (AvgIpc) is 2.36. The number of hydrogen-bond donors (Lipinski definition) is 1. The van der Waals surface area contributed by atoms with Gasteiger partial charge >= 0.3 is 0 Å². The van der Waals surface area contributed by atoms with Crippen molar-refractivity contribution in [3.05, 3.63) is 0 Å². The molecule has 1 atom stereocenters. The molecule has 1 aliphatic rings. The molecule has 0 bridgehead atoms. The van der Waals surface area contributed by atoms with Crippen molar-refractivity contribution in [1.82, 2.24) is 10.2 Å². The van der Waals surface area contributed by atoms with Crippen molar-refractivity contribution in [3.63, 3.8) is 0 Å². The van der Waals surface area contributed by atoms with Crippen LogP contribution in [0.2, 0.25) is 0 Å². The lowest BCUT2D eigenvalue weighted by molar-refractivity contribution is -0.0274. The maximum atomic E-state index is 5.88. The van der Waals surface area contributed by atoms with Crippen LogP contribution >= 0.6 is 23.2 Å². The number of hydrogen-bond acceptors (Lipinski definition) is 3. The van der Waals surface area contributed by atoms with Crippen molar-refractivity contribution in [2.45, 2.75) is 25.5 Å². The number of likely N-dealkylation sites (N-methyl/N-ethyl adjacent to an activating group) is 1. The quantitative estimate of drug-likeness (QED) is 0.740. The summed E-state index contributed by atoms with van der Waals surface area (Å²) in [4.78, 5) is 2.40. The van der Waals surface area contributed by atoms with E-state index in [9.17, 15) is 0 Å². The average molecular weight is 269 g/mol. The maximum Gasteiger partial charge on any atom is 0.0826 e. The number of nitrogens with zero attached hydrogens (tertiary/aromatic N) is 1. The summed E-state index contributed by atoms with van der Waals surface area (Å²) in [5.41, 5.74) is -0.193. The van der Waals surface area contributed by atoms with Gasteiger partial charge in [0.05, 0.1) is 12.7 Å². The standard InChI is InChI=1S/C11H22Cl2N2O/c1-3-15-4-5-16-10(7-15)6-14-11(2,8-12)9-13/h10,14H,3-9H2,1-2H3. The van der Waals surface area contributed by atoms with Crippen LogP contribution in [0.4, 0.5) is 0 Å². The Hall–Kier alpha value is 0.460. The largest absolute Gasteiger partial charge is 0.374 e. The van der Waals surface area contributed by atoms with E-state index in [2.05, 4.69) is 17.1 Å². The summed E-state index contributed by atoms with van der Waals surface area (Å²) in [6, 6.07) is 0. The summed E-state index contributed by atoms with van der Waals surface area (Å²) in [7, 11) is 0. The predicted molar refractivity (Wildman–Crippen MR) is 69.7 cm³/mol. The minimum absolute atomic E-state index is 0.193. The molecule has 0 amide bonds. The van der Waals surface area contributed by atoms with Crippen molar-refractivity contribution in [1.29, 1.82) is 0 Å². The number of rotatable bonds is 6. The molecule has 16 heavy (non-hydrogen) atoms. The molecule has 1 saturated heterocycles. The Bertz CT molecular complexity index is 200. The second-order valence-corrected chi connectivity index (χ2v) is 5.13. The van der Waals surface area contributed by atoms with Gasteiger partial charge in [0, 0.05) is 36.9 Å². The Kier molecular flexibility index (Phi) is 6.37. The lowest BCUT2D eigenvalue weighted by atomic mass is 10.1. The molecule has 1 fully saturated rings. The van der Waals surface area contributed by atoms with Gasteiger partial charge in [-0.3, -0.25) is 4.90 Å². The Morgan fingerprint density at radius 3 is 2.69 bits per heavy atom. The van der Waals surface area contributed by atoms with Gasteiger partial charge in [-0.2, -0.15) is 0 Å². The van der Waals surface area contributed by atoms with Crippen LogP contribution in [0.3, 0.4) is 0 Å². The van der Waals surface area contributed by atoms with E-state index in [1.165, 1.54) is 0 Å². The molecule has 1 heterocycles. The first-order valence-corrected chi connectivity index (χ1v) is 6.91. The molecule has 0 aromatic heterocycles. The van der Waals surface area contributed by atoms with E-state index in [0.29, 0.717) is 11.8 Å². The van der Waals surface area contributed by atoms with E-state index in [1.807, 2.05) is 6.92 Å². The number of ether oxygens (including phenoxy) is 1. The first-order chi connectivity index (χ1) is 7.63. The summed E-state index contributed by atoms with van der Waals surface area (Å²) in [5.74, 6) is 1.03. The number of morpholine rings is 1. The van der Waals surface area contributed by atoms with Gasteiger partial charge in [0.2, 0.25) is 0 Å². The first kappa shape index (κ1) is 14.5. The van der Waals surface area contributed by atoms with Crippen LogP contribution in [0.1, 0.15) is 13.8 Å². The fourth-order valence-electron chi connectivity index (χ4n) is 1.68. The molecule has 1 aliphatic heterocycles. The molecule has 0 spiro atoms. The minimum Gasteiger partial charge on any atom is -0.374 e. The lowest BCUT2D eigenvalue weighted by Crippen LogP contribution is -2.53.